The van der Waals surface area contributed by atoms with Gasteiger partial charge in [0.1, 0.15) is 11.5 Å². The van der Waals surface area contributed by atoms with Crippen molar-refractivity contribution in [2.75, 3.05) is 25.5 Å². The van der Waals surface area contributed by atoms with Crippen molar-refractivity contribution in [2.45, 2.75) is 32.3 Å². The molecule has 7 nitrogen and oxygen atoms in total. The monoisotopic (exact) mass is 397 g/mol. The van der Waals surface area contributed by atoms with Crippen molar-refractivity contribution in [3.8, 4) is 5.69 Å². The average molecular weight is 397 g/mol. The molecule has 0 radical (unpaired) electrons. The summed E-state index contributed by atoms with van der Waals surface area (Å²) in [7, 11) is 1.64. The normalized spacial score (nSPS) is 16.7. The Balaban J connectivity index is 1.58. The number of carbonyl (C=O) groups is 1. The molecule has 29 heavy (non-hydrogen) atoms. The van der Waals surface area contributed by atoms with Gasteiger partial charge in [0.15, 0.2) is 5.65 Å². The molecule has 1 saturated heterocycles. The van der Waals surface area contributed by atoms with Crippen LogP contribution in [0.3, 0.4) is 0 Å². The van der Waals surface area contributed by atoms with Gasteiger partial charge in [0.05, 0.1) is 6.10 Å². The number of amides is 2. The zero-order valence-corrected chi connectivity index (χ0v) is 16.7. The predicted octanol–water partition coefficient (Wildman–Crippen LogP) is 3.94. The van der Waals surface area contributed by atoms with E-state index in [0.29, 0.717) is 30.3 Å². The summed E-state index contributed by atoms with van der Waals surface area (Å²) in [6.45, 7) is 5.36. The van der Waals surface area contributed by atoms with Crippen molar-refractivity contribution in [2.24, 2.45) is 0 Å². The summed E-state index contributed by atoms with van der Waals surface area (Å²) >= 11 is 0. The van der Waals surface area contributed by atoms with Crippen LogP contribution in [0.15, 0.2) is 36.7 Å². The van der Waals surface area contributed by atoms with Gasteiger partial charge in [0.2, 0.25) is 0 Å². The molecule has 1 aromatic carbocycles. The van der Waals surface area contributed by atoms with Crippen LogP contribution >= 0.6 is 0 Å². The number of benzene rings is 1. The topological polar surface area (TPSA) is 72.3 Å². The molecule has 1 N–H and O–H groups in total. The molecule has 0 unspecified atom stereocenters. The van der Waals surface area contributed by atoms with E-state index < -0.39 is 5.82 Å². The standard InChI is InChI=1S/C21H24FN5O2/c1-13(2)14-8-15-11-27(25-20(15)23-10-14)19-9-16(4-5-18(19)22)24-21(28)26-7-6-17(12-26)29-3/h4-5,8-11,13,17H,6-7,12H2,1-3H3,(H,24,28)/t17-/m1/s1. The fourth-order valence-corrected chi connectivity index (χ4v) is 3.45. The Kier molecular flexibility index (Phi) is 5.19. The third kappa shape index (κ3) is 3.93. The molecule has 2 amide bonds. The molecule has 3 heterocycles. The number of urea groups is 1. The van der Waals surface area contributed by atoms with E-state index in [2.05, 4.69) is 29.2 Å². The Morgan fingerprint density at radius 3 is 2.90 bits per heavy atom. The maximum absolute atomic E-state index is 14.5. The number of ether oxygens (including phenoxy) is 1. The second kappa shape index (κ2) is 7.79. The molecule has 1 aliphatic rings. The van der Waals surface area contributed by atoms with E-state index in [-0.39, 0.29) is 17.8 Å². The number of rotatable bonds is 4. The lowest BCUT2D eigenvalue weighted by molar-refractivity contribution is 0.111. The minimum atomic E-state index is -0.430. The number of fused-ring (bicyclic) bond motifs is 1. The molecule has 0 aliphatic carbocycles. The molecule has 3 aromatic rings. The van der Waals surface area contributed by atoms with Crippen molar-refractivity contribution in [1.82, 2.24) is 19.7 Å². The van der Waals surface area contributed by atoms with Crippen LogP contribution in [0.2, 0.25) is 0 Å². The number of nitrogens with zero attached hydrogens (tertiary/aromatic N) is 4. The highest BCUT2D eigenvalue weighted by Gasteiger charge is 2.26. The number of halogens is 1. The fraction of sp³-hybridized carbons (Fsp3) is 0.381. The molecule has 4 rings (SSSR count). The number of aromatic nitrogens is 3. The molecule has 1 fully saturated rings. The van der Waals surface area contributed by atoms with Gasteiger partial charge in [-0.15, -0.1) is 5.10 Å². The Labute approximate surface area is 168 Å². The maximum Gasteiger partial charge on any atom is 0.321 e. The minimum Gasteiger partial charge on any atom is -0.380 e. The number of hydrogen-bond acceptors (Lipinski definition) is 4. The van der Waals surface area contributed by atoms with Crippen LogP contribution in [0.5, 0.6) is 0 Å². The van der Waals surface area contributed by atoms with Crippen LogP contribution in [-0.4, -0.2) is 52.0 Å². The summed E-state index contributed by atoms with van der Waals surface area (Å²) in [4.78, 5) is 18.5. The number of carbonyl (C=O) groups excluding carboxylic acids is 1. The Hall–Kier alpha value is -3.00. The highest BCUT2D eigenvalue weighted by molar-refractivity contribution is 5.90. The van der Waals surface area contributed by atoms with E-state index in [1.54, 1.807) is 36.5 Å². The number of hydrogen-bond donors (Lipinski definition) is 1. The minimum absolute atomic E-state index is 0.0595. The second-order valence-corrected chi connectivity index (χ2v) is 7.60. The summed E-state index contributed by atoms with van der Waals surface area (Å²) in [6.07, 6.45) is 4.41. The van der Waals surface area contributed by atoms with Gasteiger partial charge in [-0.2, -0.15) is 0 Å². The molecule has 0 saturated carbocycles. The van der Waals surface area contributed by atoms with Gasteiger partial charge in [-0.1, -0.05) is 13.8 Å². The molecule has 0 spiro atoms. The largest absolute Gasteiger partial charge is 0.380 e. The van der Waals surface area contributed by atoms with Gasteiger partial charge in [-0.05, 0) is 42.2 Å². The van der Waals surface area contributed by atoms with Crippen LogP contribution in [0.1, 0.15) is 31.7 Å². The number of likely N-dealkylation sites (tertiary alicyclic amines) is 1. The fourth-order valence-electron chi connectivity index (χ4n) is 3.45. The molecule has 2 aromatic heterocycles. The molecule has 0 bridgehead atoms. The van der Waals surface area contributed by atoms with Gasteiger partial charge >= 0.3 is 6.03 Å². The molecule has 1 aliphatic heterocycles. The molecular formula is C21H24FN5O2. The summed E-state index contributed by atoms with van der Waals surface area (Å²) < 4.78 is 21.3. The van der Waals surface area contributed by atoms with E-state index in [1.807, 2.05) is 6.07 Å². The lowest BCUT2D eigenvalue weighted by Gasteiger charge is -2.17. The smallest absolute Gasteiger partial charge is 0.321 e. The number of anilines is 1. The van der Waals surface area contributed by atoms with Crippen LogP contribution in [0, 0.1) is 5.82 Å². The Morgan fingerprint density at radius 1 is 1.34 bits per heavy atom. The SMILES string of the molecule is CO[C@@H]1CCN(C(=O)Nc2ccc(F)c(-n3cc4cc(C(C)C)cnc4n3)c2)C1. The number of nitrogens with one attached hydrogen (secondary N) is 1. The van der Waals surface area contributed by atoms with Crippen molar-refractivity contribution in [3.05, 3.63) is 48.0 Å². The Morgan fingerprint density at radius 2 is 2.17 bits per heavy atom. The third-order valence-corrected chi connectivity index (χ3v) is 5.26. The van der Waals surface area contributed by atoms with Gasteiger partial charge in [0, 0.05) is 43.7 Å². The van der Waals surface area contributed by atoms with E-state index in [9.17, 15) is 9.18 Å². The summed E-state index contributed by atoms with van der Waals surface area (Å²) in [5, 5.41) is 8.06. The van der Waals surface area contributed by atoms with Gasteiger partial charge in [-0.25, -0.2) is 18.9 Å². The van der Waals surface area contributed by atoms with E-state index in [0.717, 1.165) is 17.4 Å². The summed E-state index contributed by atoms with van der Waals surface area (Å²) in [6, 6.07) is 6.23. The third-order valence-electron chi connectivity index (χ3n) is 5.26. The van der Waals surface area contributed by atoms with E-state index >= 15 is 0 Å². The lowest BCUT2D eigenvalue weighted by atomic mass is 10.1. The van der Waals surface area contributed by atoms with Crippen molar-refractivity contribution in [3.63, 3.8) is 0 Å². The second-order valence-electron chi connectivity index (χ2n) is 7.60. The highest BCUT2D eigenvalue weighted by Crippen LogP contribution is 2.23. The highest BCUT2D eigenvalue weighted by atomic mass is 19.1. The zero-order valence-electron chi connectivity index (χ0n) is 16.7. The van der Waals surface area contributed by atoms with Crippen LogP contribution in [0.4, 0.5) is 14.9 Å². The Bertz CT molecular complexity index is 1050. The van der Waals surface area contributed by atoms with E-state index in [4.69, 9.17) is 4.74 Å². The first-order valence-electron chi connectivity index (χ1n) is 9.68. The maximum atomic E-state index is 14.5. The van der Waals surface area contributed by atoms with Crippen LogP contribution < -0.4 is 5.32 Å². The average Bonchev–Trinajstić information content (AvgIpc) is 3.35. The van der Waals surface area contributed by atoms with E-state index in [1.165, 1.54) is 10.7 Å². The van der Waals surface area contributed by atoms with Crippen molar-refractivity contribution in [1.29, 1.82) is 0 Å². The first-order chi connectivity index (χ1) is 13.9. The molecular weight excluding hydrogens is 373 g/mol. The summed E-state index contributed by atoms with van der Waals surface area (Å²) in [5.41, 5.74) is 2.40. The predicted molar refractivity (Wildman–Crippen MR) is 109 cm³/mol. The van der Waals surface area contributed by atoms with Crippen molar-refractivity contribution < 1.29 is 13.9 Å². The van der Waals surface area contributed by atoms with Gasteiger partial charge in [0.25, 0.3) is 0 Å². The van der Waals surface area contributed by atoms with Crippen molar-refractivity contribution >= 4 is 22.8 Å². The molecule has 152 valence electrons. The first kappa shape index (κ1) is 19.3. The summed E-state index contributed by atoms with van der Waals surface area (Å²) in [5.74, 6) is -0.0886. The lowest BCUT2D eigenvalue weighted by Crippen LogP contribution is -2.33. The van der Waals surface area contributed by atoms with Crippen LogP contribution in [0.25, 0.3) is 16.7 Å². The quantitative estimate of drug-likeness (QED) is 0.724. The van der Waals surface area contributed by atoms with Crippen LogP contribution in [-0.2, 0) is 4.74 Å². The molecule has 1 atom stereocenters. The first-order valence-corrected chi connectivity index (χ1v) is 9.68. The van der Waals surface area contributed by atoms with Gasteiger partial charge in [-0.3, -0.25) is 0 Å². The number of methoxy groups -OCH3 is 1. The molecule has 8 heteroatoms. The number of pyridine rings is 1. The van der Waals surface area contributed by atoms with Gasteiger partial charge < -0.3 is 15.0 Å². The zero-order chi connectivity index (χ0) is 20.5.